The summed E-state index contributed by atoms with van der Waals surface area (Å²) in [5, 5.41) is 0.836. The van der Waals surface area contributed by atoms with E-state index in [4.69, 9.17) is 11.6 Å². The molecule has 0 atom stereocenters. The number of hydrogen-bond donors (Lipinski definition) is 0. The smallest absolute Gasteiger partial charge is 0.0904 e. The summed E-state index contributed by atoms with van der Waals surface area (Å²) in [5.41, 5.74) is 4.14. The highest BCUT2D eigenvalue weighted by Crippen LogP contribution is 2.30. The average molecular weight is 231 g/mol. The minimum Gasteiger partial charge on any atom is -0.255 e. The van der Waals surface area contributed by atoms with E-state index in [1.54, 1.807) is 6.20 Å². The van der Waals surface area contributed by atoms with Gasteiger partial charge in [0.15, 0.2) is 0 Å². The Hall–Kier alpha value is -1.41. The Morgan fingerprint density at radius 2 is 2.06 bits per heavy atom. The lowest BCUT2D eigenvalue weighted by molar-refractivity contribution is 0.899. The van der Waals surface area contributed by atoms with Crippen molar-refractivity contribution in [1.29, 1.82) is 0 Å². The Morgan fingerprint density at radius 3 is 2.88 bits per heavy atom. The van der Waals surface area contributed by atoms with Crippen LogP contribution in [0.25, 0.3) is 11.4 Å². The molecule has 0 N–H and O–H groups in total. The fourth-order valence-corrected chi connectivity index (χ4v) is 2.45. The second-order valence-corrected chi connectivity index (χ2v) is 4.39. The van der Waals surface area contributed by atoms with Crippen molar-refractivity contribution >= 4 is 11.6 Å². The van der Waals surface area contributed by atoms with Gasteiger partial charge in [-0.25, -0.2) is 0 Å². The number of halogens is 1. The van der Waals surface area contributed by atoms with Crippen molar-refractivity contribution in [2.24, 2.45) is 0 Å². The van der Waals surface area contributed by atoms with Crippen LogP contribution in [-0.4, -0.2) is 9.97 Å². The molecule has 3 rings (SSSR count). The lowest BCUT2D eigenvalue weighted by atomic mass is 10.1. The first kappa shape index (κ1) is 9.79. The van der Waals surface area contributed by atoms with Gasteiger partial charge in [-0.2, -0.15) is 0 Å². The molecule has 2 nitrogen and oxygen atoms in total. The highest BCUT2D eigenvalue weighted by atomic mass is 35.5. The summed E-state index contributed by atoms with van der Waals surface area (Å²) in [6.45, 7) is 0. The van der Waals surface area contributed by atoms with Gasteiger partial charge >= 0.3 is 0 Å². The molecule has 2 heterocycles. The van der Waals surface area contributed by atoms with Gasteiger partial charge in [-0.1, -0.05) is 17.7 Å². The van der Waals surface area contributed by atoms with E-state index in [-0.39, 0.29) is 0 Å². The van der Waals surface area contributed by atoms with Gasteiger partial charge in [-0.15, -0.1) is 0 Å². The topological polar surface area (TPSA) is 25.8 Å². The molecular formula is C13H11ClN2. The normalized spacial score (nSPS) is 13.8. The van der Waals surface area contributed by atoms with Gasteiger partial charge in [-0.05, 0) is 43.0 Å². The molecule has 0 bridgehead atoms. The van der Waals surface area contributed by atoms with Crippen LogP contribution in [0.5, 0.6) is 0 Å². The van der Waals surface area contributed by atoms with Crippen molar-refractivity contribution in [3.63, 3.8) is 0 Å². The highest BCUT2D eigenvalue weighted by molar-refractivity contribution is 6.31. The van der Waals surface area contributed by atoms with Crippen molar-refractivity contribution in [2.75, 3.05) is 0 Å². The molecule has 1 aliphatic rings. The predicted molar refractivity (Wildman–Crippen MR) is 64.5 cm³/mol. The van der Waals surface area contributed by atoms with Crippen molar-refractivity contribution in [2.45, 2.75) is 19.3 Å². The second kappa shape index (κ2) is 3.87. The summed E-state index contributed by atoms with van der Waals surface area (Å²) in [5.74, 6) is 0. The van der Waals surface area contributed by atoms with Crippen molar-refractivity contribution in [1.82, 2.24) is 9.97 Å². The van der Waals surface area contributed by atoms with Crippen molar-refractivity contribution < 1.29 is 0 Å². The Kier molecular flexibility index (Phi) is 2.37. The third kappa shape index (κ3) is 1.59. The maximum atomic E-state index is 6.26. The number of aryl methyl sites for hydroxylation is 1. The van der Waals surface area contributed by atoms with Crippen LogP contribution in [0, 0.1) is 0 Å². The number of fused-ring (bicyclic) bond motifs is 1. The number of nitrogens with zero attached hydrogens (tertiary/aromatic N) is 2. The van der Waals surface area contributed by atoms with Crippen molar-refractivity contribution in [3.8, 4) is 11.4 Å². The van der Waals surface area contributed by atoms with Gasteiger partial charge < -0.3 is 0 Å². The number of rotatable bonds is 1. The van der Waals surface area contributed by atoms with Crippen LogP contribution in [0.1, 0.15) is 17.7 Å². The monoisotopic (exact) mass is 230 g/mol. The zero-order valence-electron chi connectivity index (χ0n) is 8.78. The van der Waals surface area contributed by atoms with Crippen LogP contribution < -0.4 is 0 Å². The molecule has 0 aliphatic heterocycles. The number of hydrogen-bond acceptors (Lipinski definition) is 2. The van der Waals surface area contributed by atoms with E-state index in [1.807, 2.05) is 24.3 Å². The van der Waals surface area contributed by atoms with Crippen LogP contribution in [0.3, 0.4) is 0 Å². The molecule has 0 saturated heterocycles. The molecule has 0 saturated carbocycles. The largest absolute Gasteiger partial charge is 0.255 e. The molecule has 2 aromatic rings. The van der Waals surface area contributed by atoms with E-state index < -0.39 is 0 Å². The van der Waals surface area contributed by atoms with Gasteiger partial charge in [0.1, 0.15) is 0 Å². The molecule has 2 aromatic heterocycles. The Morgan fingerprint density at radius 1 is 1.12 bits per heavy atom. The number of aromatic nitrogens is 2. The van der Waals surface area contributed by atoms with Crippen molar-refractivity contribution in [3.05, 3.63) is 46.7 Å². The van der Waals surface area contributed by atoms with Crippen LogP contribution >= 0.6 is 11.6 Å². The fraction of sp³-hybridized carbons (Fsp3) is 0.231. The summed E-state index contributed by atoms with van der Waals surface area (Å²) in [6.07, 6.45) is 5.03. The minimum atomic E-state index is 0.836. The van der Waals surface area contributed by atoms with E-state index in [9.17, 15) is 0 Å². The standard InChI is InChI=1S/C13H11ClN2/c14-10-8-13(12-5-1-2-7-15-12)16-11-6-3-4-9(10)11/h1-2,5,7-8H,3-4,6H2. The maximum absolute atomic E-state index is 6.26. The SMILES string of the molecule is Clc1cc(-c2ccccn2)nc2c1CCC2. The Bertz CT molecular complexity index is 523. The minimum absolute atomic E-state index is 0.836. The Labute approximate surface area is 99.3 Å². The lowest BCUT2D eigenvalue weighted by Crippen LogP contribution is -1.94. The first-order valence-electron chi connectivity index (χ1n) is 5.44. The van der Waals surface area contributed by atoms with Gasteiger partial charge in [0.05, 0.1) is 11.4 Å². The van der Waals surface area contributed by atoms with Gasteiger partial charge in [0.25, 0.3) is 0 Å². The zero-order valence-corrected chi connectivity index (χ0v) is 9.54. The Balaban J connectivity index is 2.13. The third-order valence-corrected chi connectivity index (χ3v) is 3.26. The van der Waals surface area contributed by atoms with E-state index in [0.29, 0.717) is 0 Å². The molecule has 0 fully saturated rings. The van der Waals surface area contributed by atoms with E-state index in [0.717, 1.165) is 41.4 Å². The molecule has 0 amide bonds. The molecule has 80 valence electrons. The molecule has 3 heteroatoms. The molecule has 1 aliphatic carbocycles. The van der Waals surface area contributed by atoms with Crippen LogP contribution in [0.4, 0.5) is 0 Å². The first-order chi connectivity index (χ1) is 7.84. The second-order valence-electron chi connectivity index (χ2n) is 3.98. The summed E-state index contributed by atoms with van der Waals surface area (Å²) in [6, 6.07) is 7.75. The molecular weight excluding hydrogens is 220 g/mol. The van der Waals surface area contributed by atoms with E-state index >= 15 is 0 Å². The van der Waals surface area contributed by atoms with Gasteiger partial charge in [-0.3, -0.25) is 9.97 Å². The van der Waals surface area contributed by atoms with Gasteiger partial charge in [0, 0.05) is 16.9 Å². The summed E-state index contributed by atoms with van der Waals surface area (Å²) < 4.78 is 0. The number of pyridine rings is 2. The average Bonchev–Trinajstić information content (AvgIpc) is 2.79. The highest BCUT2D eigenvalue weighted by Gasteiger charge is 2.17. The lowest BCUT2D eigenvalue weighted by Gasteiger charge is -2.05. The van der Waals surface area contributed by atoms with Crippen LogP contribution in [-0.2, 0) is 12.8 Å². The fourth-order valence-electron chi connectivity index (χ4n) is 2.14. The van der Waals surface area contributed by atoms with Gasteiger partial charge in [0.2, 0.25) is 0 Å². The molecule has 0 unspecified atom stereocenters. The third-order valence-electron chi connectivity index (χ3n) is 2.92. The first-order valence-corrected chi connectivity index (χ1v) is 5.82. The van der Waals surface area contributed by atoms with Crippen LogP contribution in [0.15, 0.2) is 30.5 Å². The molecule has 0 spiro atoms. The quantitative estimate of drug-likeness (QED) is 0.751. The van der Waals surface area contributed by atoms with Crippen LogP contribution in [0.2, 0.25) is 5.02 Å². The summed E-state index contributed by atoms with van der Waals surface area (Å²) in [4.78, 5) is 8.93. The molecule has 0 aromatic carbocycles. The van der Waals surface area contributed by atoms with E-state index in [2.05, 4.69) is 9.97 Å². The summed E-state index contributed by atoms with van der Waals surface area (Å²) in [7, 11) is 0. The molecule has 0 radical (unpaired) electrons. The predicted octanol–water partition coefficient (Wildman–Crippen LogP) is 3.29. The maximum Gasteiger partial charge on any atom is 0.0904 e. The zero-order chi connectivity index (χ0) is 11.0. The van der Waals surface area contributed by atoms with E-state index in [1.165, 1.54) is 5.56 Å². The summed E-state index contributed by atoms with van der Waals surface area (Å²) >= 11 is 6.26. The molecule has 16 heavy (non-hydrogen) atoms.